The normalized spacial score (nSPS) is 22.5. The van der Waals surface area contributed by atoms with Gasteiger partial charge in [-0.15, -0.1) is 0 Å². The number of aliphatic hydroxyl groups excluding tert-OH is 1. The van der Waals surface area contributed by atoms with E-state index in [2.05, 4.69) is 10.6 Å². The monoisotopic (exact) mass is 244 g/mol. The first-order valence-electron chi connectivity index (χ1n) is 6.02. The highest BCUT2D eigenvalue weighted by Gasteiger charge is 2.25. The number of rotatable bonds is 5. The summed E-state index contributed by atoms with van der Waals surface area (Å²) in [6.07, 6.45) is 3.88. The predicted molar refractivity (Wildman–Crippen MR) is 61.5 cm³/mol. The van der Waals surface area contributed by atoms with Gasteiger partial charge in [-0.05, 0) is 19.4 Å². The lowest BCUT2D eigenvalue weighted by Crippen LogP contribution is -2.50. The van der Waals surface area contributed by atoms with Crippen LogP contribution in [0.15, 0.2) is 0 Å². The molecule has 0 bridgehead atoms. The Labute approximate surface area is 100 Å². The molecule has 1 heterocycles. The number of hydrogen-bond donors (Lipinski definition) is 4. The van der Waals surface area contributed by atoms with Crippen molar-refractivity contribution in [1.29, 1.82) is 0 Å². The molecule has 0 spiro atoms. The summed E-state index contributed by atoms with van der Waals surface area (Å²) in [4.78, 5) is 22.7. The molecular formula is C11H20N2O4. The van der Waals surface area contributed by atoms with E-state index in [4.69, 9.17) is 10.2 Å². The van der Waals surface area contributed by atoms with Crippen molar-refractivity contribution >= 4 is 11.9 Å². The summed E-state index contributed by atoms with van der Waals surface area (Å²) in [5.74, 6) is -1.39. The highest BCUT2D eigenvalue weighted by molar-refractivity contribution is 5.86. The fourth-order valence-electron chi connectivity index (χ4n) is 1.91. The fraction of sp³-hybridized carbons (Fsp3) is 0.818. The van der Waals surface area contributed by atoms with Crippen molar-refractivity contribution in [1.82, 2.24) is 10.6 Å². The summed E-state index contributed by atoms with van der Waals surface area (Å²) in [6.45, 7) is 0.533. The number of carbonyl (C=O) groups excluding carboxylic acids is 1. The van der Waals surface area contributed by atoms with Crippen LogP contribution in [0.3, 0.4) is 0 Å². The zero-order chi connectivity index (χ0) is 12.7. The average Bonchev–Trinajstić information content (AvgIpc) is 2.56. The van der Waals surface area contributed by atoms with Crippen molar-refractivity contribution in [2.75, 3.05) is 13.2 Å². The second-order valence-electron chi connectivity index (χ2n) is 4.27. The van der Waals surface area contributed by atoms with Gasteiger partial charge in [-0.25, -0.2) is 4.79 Å². The lowest BCUT2D eigenvalue weighted by atomic mass is 10.1. The van der Waals surface area contributed by atoms with Gasteiger partial charge in [0, 0.05) is 13.0 Å². The quantitative estimate of drug-likeness (QED) is 0.521. The molecule has 0 aromatic heterocycles. The van der Waals surface area contributed by atoms with Crippen LogP contribution < -0.4 is 10.6 Å². The maximum absolute atomic E-state index is 11.8. The van der Waals surface area contributed by atoms with Crippen molar-refractivity contribution in [3.05, 3.63) is 0 Å². The van der Waals surface area contributed by atoms with Gasteiger partial charge >= 0.3 is 5.97 Å². The molecule has 1 saturated heterocycles. The SMILES string of the molecule is O=C(N[C@@H](CCO)C(=O)O)C1CCCCCN1. The summed E-state index contributed by atoms with van der Waals surface area (Å²) in [5.41, 5.74) is 0. The van der Waals surface area contributed by atoms with Crippen LogP contribution in [0, 0.1) is 0 Å². The number of aliphatic hydroxyl groups is 1. The number of carboxylic acid groups (broad SMARTS) is 1. The van der Waals surface area contributed by atoms with Gasteiger partial charge in [0.05, 0.1) is 6.04 Å². The lowest BCUT2D eigenvalue weighted by Gasteiger charge is -2.19. The maximum Gasteiger partial charge on any atom is 0.326 e. The molecule has 1 unspecified atom stereocenters. The molecule has 1 fully saturated rings. The van der Waals surface area contributed by atoms with Crippen molar-refractivity contribution < 1.29 is 19.8 Å². The predicted octanol–water partition coefficient (Wildman–Crippen LogP) is -0.530. The molecule has 2 atom stereocenters. The number of hydrogen-bond acceptors (Lipinski definition) is 4. The summed E-state index contributed by atoms with van der Waals surface area (Å²) in [7, 11) is 0. The van der Waals surface area contributed by atoms with Crippen LogP contribution in [0.1, 0.15) is 32.1 Å². The van der Waals surface area contributed by atoms with E-state index >= 15 is 0 Å². The van der Waals surface area contributed by atoms with Gasteiger partial charge in [0.1, 0.15) is 6.04 Å². The van der Waals surface area contributed by atoms with Crippen molar-refractivity contribution in [2.24, 2.45) is 0 Å². The van der Waals surface area contributed by atoms with Crippen LogP contribution in [0.4, 0.5) is 0 Å². The highest BCUT2D eigenvalue weighted by Crippen LogP contribution is 2.08. The Morgan fingerprint density at radius 3 is 2.76 bits per heavy atom. The van der Waals surface area contributed by atoms with E-state index < -0.39 is 12.0 Å². The summed E-state index contributed by atoms with van der Waals surface area (Å²) in [6, 6.07) is -1.31. The topological polar surface area (TPSA) is 98.7 Å². The second kappa shape index (κ2) is 7.24. The molecule has 98 valence electrons. The number of nitrogens with one attached hydrogen (secondary N) is 2. The third-order valence-corrected chi connectivity index (χ3v) is 2.91. The van der Waals surface area contributed by atoms with Crippen LogP contribution in [-0.2, 0) is 9.59 Å². The Morgan fingerprint density at radius 1 is 1.35 bits per heavy atom. The molecule has 0 aromatic carbocycles. The van der Waals surface area contributed by atoms with Gasteiger partial charge in [-0.2, -0.15) is 0 Å². The minimum absolute atomic E-state index is 0.0355. The molecule has 17 heavy (non-hydrogen) atoms. The van der Waals surface area contributed by atoms with E-state index in [0.29, 0.717) is 0 Å². The van der Waals surface area contributed by atoms with Crippen molar-refractivity contribution in [3.63, 3.8) is 0 Å². The first-order chi connectivity index (χ1) is 8.15. The van der Waals surface area contributed by atoms with E-state index in [1.54, 1.807) is 0 Å². The van der Waals surface area contributed by atoms with E-state index in [1.165, 1.54) is 0 Å². The van der Waals surface area contributed by atoms with E-state index in [-0.39, 0.29) is 25.0 Å². The number of aliphatic carboxylic acids is 1. The number of amides is 1. The Kier molecular flexibility index (Phi) is 5.93. The van der Waals surface area contributed by atoms with Crippen LogP contribution >= 0.6 is 0 Å². The molecule has 1 aliphatic heterocycles. The number of carbonyl (C=O) groups is 2. The van der Waals surface area contributed by atoms with Crippen molar-refractivity contribution in [2.45, 2.75) is 44.2 Å². The number of carboxylic acids is 1. The molecule has 1 rings (SSSR count). The molecule has 6 nitrogen and oxygen atoms in total. The van der Waals surface area contributed by atoms with Gasteiger partial charge in [0.15, 0.2) is 0 Å². The Morgan fingerprint density at radius 2 is 2.12 bits per heavy atom. The van der Waals surface area contributed by atoms with Crippen LogP contribution in [0.25, 0.3) is 0 Å². The zero-order valence-electron chi connectivity index (χ0n) is 9.82. The molecule has 0 aromatic rings. The molecule has 0 saturated carbocycles. The van der Waals surface area contributed by atoms with E-state index in [9.17, 15) is 9.59 Å². The zero-order valence-corrected chi connectivity index (χ0v) is 9.82. The van der Waals surface area contributed by atoms with Crippen LogP contribution in [0.2, 0.25) is 0 Å². The highest BCUT2D eigenvalue weighted by atomic mass is 16.4. The molecule has 0 aliphatic carbocycles. The van der Waals surface area contributed by atoms with Gasteiger partial charge in [-0.1, -0.05) is 12.8 Å². The smallest absolute Gasteiger partial charge is 0.326 e. The van der Waals surface area contributed by atoms with Crippen LogP contribution in [-0.4, -0.2) is 47.3 Å². The molecule has 0 radical (unpaired) electrons. The molecule has 4 N–H and O–H groups in total. The van der Waals surface area contributed by atoms with Crippen LogP contribution in [0.5, 0.6) is 0 Å². The Hall–Kier alpha value is -1.14. The Balaban J connectivity index is 2.47. The van der Waals surface area contributed by atoms with Gasteiger partial charge in [0.25, 0.3) is 0 Å². The molecule has 6 heteroatoms. The summed E-state index contributed by atoms with van der Waals surface area (Å²) in [5, 5.41) is 23.1. The first kappa shape index (κ1) is 13.9. The second-order valence-corrected chi connectivity index (χ2v) is 4.27. The van der Waals surface area contributed by atoms with Gasteiger partial charge in [-0.3, -0.25) is 4.79 Å². The lowest BCUT2D eigenvalue weighted by molar-refractivity contribution is -0.142. The first-order valence-corrected chi connectivity index (χ1v) is 6.02. The minimum atomic E-state index is -1.11. The molecule has 1 aliphatic rings. The standard InChI is InChI=1S/C11H20N2O4/c14-7-5-9(11(16)17)13-10(15)8-4-2-1-3-6-12-8/h8-9,12,14H,1-7H2,(H,13,15)(H,16,17)/t8?,9-/m0/s1. The summed E-state index contributed by atoms with van der Waals surface area (Å²) >= 11 is 0. The average molecular weight is 244 g/mol. The van der Waals surface area contributed by atoms with Crippen molar-refractivity contribution in [3.8, 4) is 0 Å². The van der Waals surface area contributed by atoms with E-state index in [1.807, 2.05) is 0 Å². The molecule has 1 amide bonds. The largest absolute Gasteiger partial charge is 0.480 e. The fourth-order valence-corrected chi connectivity index (χ4v) is 1.91. The third kappa shape index (κ3) is 4.70. The third-order valence-electron chi connectivity index (χ3n) is 2.91. The minimum Gasteiger partial charge on any atom is -0.480 e. The van der Waals surface area contributed by atoms with Gasteiger partial charge in [0.2, 0.25) is 5.91 Å². The van der Waals surface area contributed by atoms with Gasteiger partial charge < -0.3 is 20.8 Å². The van der Waals surface area contributed by atoms with E-state index in [0.717, 1.165) is 32.2 Å². The summed E-state index contributed by atoms with van der Waals surface area (Å²) < 4.78 is 0. The molecular weight excluding hydrogens is 224 g/mol. The Bertz CT molecular complexity index is 262. The maximum atomic E-state index is 11.8.